The number of amides is 1. The Morgan fingerprint density at radius 2 is 2.21 bits per heavy atom. The summed E-state index contributed by atoms with van der Waals surface area (Å²) >= 11 is 0. The molecule has 0 radical (unpaired) electrons. The molecular formula is C20H19FN4O3. The summed E-state index contributed by atoms with van der Waals surface area (Å²) in [5.74, 6) is -0.183. The van der Waals surface area contributed by atoms with E-state index >= 15 is 0 Å². The highest BCUT2D eigenvalue weighted by atomic mass is 19.1. The summed E-state index contributed by atoms with van der Waals surface area (Å²) in [6.45, 7) is 0.519. The van der Waals surface area contributed by atoms with E-state index in [1.54, 1.807) is 37.4 Å². The molecular weight excluding hydrogens is 363 g/mol. The number of hydrogen-bond acceptors (Lipinski definition) is 6. The Morgan fingerprint density at radius 3 is 2.96 bits per heavy atom. The van der Waals surface area contributed by atoms with E-state index in [1.807, 2.05) is 0 Å². The predicted molar refractivity (Wildman–Crippen MR) is 99.1 cm³/mol. The SMILES string of the molecule is CN1C(=O)[C@@]2(N=C1N)c1cc(-c3cccnc3F)ccc1O[C@@H]1CCCOC12. The van der Waals surface area contributed by atoms with Crippen LogP contribution in [0.25, 0.3) is 11.1 Å². The number of fused-ring (bicyclic) bond motifs is 4. The van der Waals surface area contributed by atoms with E-state index in [1.165, 1.54) is 11.1 Å². The fourth-order valence-electron chi connectivity index (χ4n) is 4.30. The highest BCUT2D eigenvalue weighted by Crippen LogP contribution is 2.49. The number of aromatic nitrogens is 1. The van der Waals surface area contributed by atoms with Crippen LogP contribution in [-0.4, -0.2) is 47.6 Å². The molecule has 3 atom stereocenters. The molecule has 0 bridgehead atoms. The molecule has 3 aliphatic heterocycles. The van der Waals surface area contributed by atoms with Crippen LogP contribution in [-0.2, 0) is 15.1 Å². The lowest BCUT2D eigenvalue weighted by Crippen LogP contribution is -2.58. The van der Waals surface area contributed by atoms with E-state index < -0.39 is 17.6 Å². The zero-order chi connectivity index (χ0) is 19.5. The van der Waals surface area contributed by atoms with Crippen molar-refractivity contribution in [2.24, 2.45) is 10.7 Å². The van der Waals surface area contributed by atoms with Crippen LogP contribution >= 0.6 is 0 Å². The maximum absolute atomic E-state index is 14.3. The maximum Gasteiger partial charge on any atom is 0.264 e. The standard InChI is InChI=1S/C20H19FN4O3/c1-25-18(26)20(24-19(25)22)13-10-11(12-4-2-8-23-17(12)21)6-7-14(13)28-15-5-3-9-27-16(15)20/h2,4,6-8,10,15-16H,3,5,9H2,1H3,(H2,22,24)/t15-,16?,20-/m1/s1. The Morgan fingerprint density at radius 1 is 1.36 bits per heavy atom. The van der Waals surface area contributed by atoms with Crippen molar-refractivity contribution in [3.05, 3.63) is 48.0 Å². The second-order valence-electron chi connectivity index (χ2n) is 7.24. The topological polar surface area (TPSA) is 90.0 Å². The third kappa shape index (κ3) is 2.21. The molecule has 1 unspecified atom stereocenters. The third-order valence-electron chi connectivity index (χ3n) is 5.68. The first-order chi connectivity index (χ1) is 13.5. The van der Waals surface area contributed by atoms with Crippen molar-refractivity contribution in [3.63, 3.8) is 0 Å². The second-order valence-corrected chi connectivity index (χ2v) is 7.24. The van der Waals surface area contributed by atoms with Crippen molar-refractivity contribution in [3.8, 4) is 16.9 Å². The van der Waals surface area contributed by atoms with Gasteiger partial charge >= 0.3 is 0 Å². The molecule has 1 fully saturated rings. The van der Waals surface area contributed by atoms with Crippen LogP contribution in [0.3, 0.4) is 0 Å². The second kappa shape index (κ2) is 6.00. The van der Waals surface area contributed by atoms with E-state index in [9.17, 15) is 9.18 Å². The molecule has 1 aromatic carbocycles. The number of nitrogens with two attached hydrogens (primary N) is 1. The smallest absolute Gasteiger partial charge is 0.264 e. The van der Waals surface area contributed by atoms with E-state index in [0.29, 0.717) is 29.0 Å². The number of hydrogen-bond donors (Lipinski definition) is 1. The molecule has 2 aromatic rings. The van der Waals surface area contributed by atoms with Gasteiger partial charge in [0.05, 0.1) is 0 Å². The van der Waals surface area contributed by atoms with Gasteiger partial charge in [-0.25, -0.2) is 9.98 Å². The molecule has 2 N–H and O–H groups in total. The molecule has 7 nitrogen and oxygen atoms in total. The van der Waals surface area contributed by atoms with Crippen LogP contribution in [0.5, 0.6) is 5.75 Å². The number of nitrogens with zero attached hydrogens (tertiary/aromatic N) is 3. The number of ether oxygens (including phenoxy) is 2. The molecule has 8 heteroatoms. The molecule has 1 spiro atoms. The number of carbonyl (C=O) groups is 1. The van der Waals surface area contributed by atoms with Gasteiger partial charge < -0.3 is 15.2 Å². The first-order valence-electron chi connectivity index (χ1n) is 9.19. The number of rotatable bonds is 1. The van der Waals surface area contributed by atoms with E-state index in [-0.39, 0.29) is 18.0 Å². The van der Waals surface area contributed by atoms with Gasteiger partial charge in [0.2, 0.25) is 11.5 Å². The van der Waals surface area contributed by atoms with Crippen LogP contribution in [0, 0.1) is 5.95 Å². The third-order valence-corrected chi connectivity index (χ3v) is 5.68. The Balaban J connectivity index is 1.74. The average Bonchev–Trinajstić information content (AvgIpc) is 2.93. The number of likely N-dealkylation sites (N-methyl/N-ethyl adjacent to an activating group) is 1. The summed E-state index contributed by atoms with van der Waals surface area (Å²) < 4.78 is 26.4. The lowest BCUT2D eigenvalue weighted by atomic mass is 9.76. The molecule has 0 saturated carbocycles. The average molecular weight is 382 g/mol. The van der Waals surface area contributed by atoms with Crippen molar-refractivity contribution >= 4 is 11.9 Å². The minimum Gasteiger partial charge on any atom is -0.487 e. The van der Waals surface area contributed by atoms with Crippen LogP contribution in [0.4, 0.5) is 4.39 Å². The molecule has 1 saturated heterocycles. The quantitative estimate of drug-likeness (QED) is 0.760. The molecule has 1 aromatic heterocycles. The van der Waals surface area contributed by atoms with Gasteiger partial charge in [-0.2, -0.15) is 4.39 Å². The summed E-state index contributed by atoms with van der Waals surface area (Å²) in [5, 5.41) is 0. The van der Waals surface area contributed by atoms with Gasteiger partial charge in [-0.15, -0.1) is 0 Å². The Labute approximate surface area is 161 Å². The molecule has 1 amide bonds. The van der Waals surface area contributed by atoms with Crippen LogP contribution in [0.2, 0.25) is 0 Å². The molecule has 5 rings (SSSR count). The minimum atomic E-state index is -1.33. The van der Waals surface area contributed by atoms with Gasteiger partial charge in [-0.3, -0.25) is 9.69 Å². The summed E-state index contributed by atoms with van der Waals surface area (Å²) in [4.78, 5) is 23.0. The van der Waals surface area contributed by atoms with Crippen LogP contribution in [0.15, 0.2) is 41.5 Å². The molecule has 3 aliphatic rings. The number of pyridine rings is 1. The van der Waals surface area contributed by atoms with Gasteiger partial charge in [-0.1, -0.05) is 6.07 Å². The van der Waals surface area contributed by atoms with Crippen molar-refractivity contribution in [2.45, 2.75) is 30.6 Å². The number of benzene rings is 1. The Kier molecular flexibility index (Phi) is 3.67. The Bertz CT molecular complexity index is 1010. The van der Waals surface area contributed by atoms with Crippen molar-refractivity contribution in [1.29, 1.82) is 0 Å². The maximum atomic E-state index is 14.3. The highest BCUT2D eigenvalue weighted by Gasteiger charge is 2.61. The Hall–Kier alpha value is -3.00. The fourth-order valence-corrected chi connectivity index (χ4v) is 4.30. The van der Waals surface area contributed by atoms with Gasteiger partial charge in [-0.05, 0) is 42.7 Å². The van der Waals surface area contributed by atoms with E-state index in [4.69, 9.17) is 15.2 Å². The summed E-state index contributed by atoms with van der Waals surface area (Å²) in [6, 6.07) is 8.54. The van der Waals surface area contributed by atoms with Crippen molar-refractivity contribution < 1.29 is 18.7 Å². The summed E-state index contributed by atoms with van der Waals surface area (Å²) in [7, 11) is 1.59. The fraction of sp³-hybridized carbons (Fsp3) is 0.350. The minimum absolute atomic E-state index is 0.128. The summed E-state index contributed by atoms with van der Waals surface area (Å²) in [6.07, 6.45) is 2.11. The lowest BCUT2D eigenvalue weighted by Gasteiger charge is -2.45. The zero-order valence-corrected chi connectivity index (χ0v) is 15.3. The van der Waals surface area contributed by atoms with Gasteiger partial charge in [0.1, 0.15) is 18.0 Å². The zero-order valence-electron chi connectivity index (χ0n) is 15.3. The number of guanidine groups is 1. The molecule has 28 heavy (non-hydrogen) atoms. The van der Waals surface area contributed by atoms with Gasteiger partial charge in [0.25, 0.3) is 5.91 Å². The summed E-state index contributed by atoms with van der Waals surface area (Å²) in [5.41, 5.74) is 6.14. The normalized spacial score (nSPS) is 28.6. The van der Waals surface area contributed by atoms with Crippen molar-refractivity contribution in [1.82, 2.24) is 9.88 Å². The predicted octanol–water partition coefficient (Wildman–Crippen LogP) is 1.81. The highest BCUT2D eigenvalue weighted by molar-refractivity contribution is 6.08. The van der Waals surface area contributed by atoms with Gasteiger partial charge in [0.15, 0.2) is 5.96 Å². The largest absolute Gasteiger partial charge is 0.487 e. The first-order valence-corrected chi connectivity index (χ1v) is 9.19. The lowest BCUT2D eigenvalue weighted by molar-refractivity contribution is -0.151. The van der Waals surface area contributed by atoms with Gasteiger partial charge in [0, 0.05) is 31.0 Å². The monoisotopic (exact) mass is 382 g/mol. The first kappa shape index (κ1) is 17.1. The number of aliphatic imine (C=N–C) groups is 1. The molecule has 0 aliphatic carbocycles. The number of carbonyl (C=O) groups excluding carboxylic acids is 1. The van der Waals surface area contributed by atoms with E-state index in [0.717, 1.165) is 12.8 Å². The van der Waals surface area contributed by atoms with E-state index in [2.05, 4.69) is 9.98 Å². The molecule has 144 valence electrons. The molecule has 4 heterocycles. The van der Waals surface area contributed by atoms with Crippen molar-refractivity contribution in [2.75, 3.05) is 13.7 Å². The van der Waals surface area contributed by atoms with Crippen LogP contribution < -0.4 is 10.5 Å². The number of halogens is 1. The van der Waals surface area contributed by atoms with Crippen LogP contribution in [0.1, 0.15) is 18.4 Å².